The molecule has 1 N–H and O–H groups in total. The maximum atomic E-state index is 10.7. The Balaban J connectivity index is 2.46. The van der Waals surface area contributed by atoms with Crippen LogP contribution in [-0.4, -0.2) is 4.89 Å². The third kappa shape index (κ3) is 1.98. The molecule has 0 aromatic heterocycles. The molecule has 1 atom stereocenters. The minimum atomic E-state index is -2.08. The summed E-state index contributed by atoms with van der Waals surface area (Å²) in [7, 11) is -2.08. The van der Waals surface area contributed by atoms with Crippen molar-refractivity contribution in [1.29, 1.82) is 0 Å². The molecule has 0 heterocycles. The van der Waals surface area contributed by atoms with Gasteiger partial charge in [0.25, 0.3) is 0 Å². The molecule has 0 radical (unpaired) electrons. The van der Waals surface area contributed by atoms with E-state index >= 15 is 0 Å². The fraction of sp³-hybridized carbons (Fsp3) is 0.0909. The normalized spacial score (nSPS) is 11.6. The second kappa shape index (κ2) is 3.87. The van der Waals surface area contributed by atoms with Gasteiger partial charge >= 0.3 is 8.03 Å². The van der Waals surface area contributed by atoms with Gasteiger partial charge in [-0.1, -0.05) is 36.4 Å². The molecule has 0 spiro atoms. The number of fused-ring (bicyclic) bond motifs is 1. The highest BCUT2D eigenvalue weighted by atomic mass is 31.1. The van der Waals surface area contributed by atoms with Crippen molar-refractivity contribution < 1.29 is 9.46 Å². The zero-order chi connectivity index (χ0) is 9.97. The smallest absolute Gasteiger partial charge is 0.160 e. The van der Waals surface area contributed by atoms with E-state index in [4.69, 9.17) is 4.89 Å². The van der Waals surface area contributed by atoms with E-state index in [-0.39, 0.29) is 6.16 Å². The summed E-state index contributed by atoms with van der Waals surface area (Å²) in [5.41, 5.74) is 0.910. The first kappa shape index (κ1) is 9.32. The highest BCUT2D eigenvalue weighted by Gasteiger charge is 2.11. The van der Waals surface area contributed by atoms with Crippen LogP contribution in [0.4, 0.5) is 0 Å². The van der Waals surface area contributed by atoms with E-state index in [0.717, 1.165) is 16.3 Å². The third-order valence-corrected chi connectivity index (χ3v) is 2.77. The topological polar surface area (TPSA) is 37.3 Å². The number of hydrogen-bond donors (Lipinski definition) is 1. The Morgan fingerprint density at radius 2 is 1.79 bits per heavy atom. The number of rotatable bonds is 2. The third-order valence-electron chi connectivity index (χ3n) is 2.13. The Morgan fingerprint density at radius 1 is 1.07 bits per heavy atom. The Hall–Kier alpha value is -1.24. The van der Waals surface area contributed by atoms with Crippen molar-refractivity contribution >= 4 is 18.8 Å². The van der Waals surface area contributed by atoms with E-state index in [9.17, 15) is 4.57 Å². The van der Waals surface area contributed by atoms with Gasteiger partial charge < -0.3 is 0 Å². The average Bonchev–Trinajstić information content (AvgIpc) is 2.17. The van der Waals surface area contributed by atoms with Gasteiger partial charge in [0.05, 0.1) is 0 Å². The molecule has 2 rings (SSSR count). The largest absolute Gasteiger partial charge is 0.510 e. The lowest BCUT2D eigenvalue weighted by molar-refractivity contribution is 0.502. The lowest BCUT2D eigenvalue weighted by atomic mass is 10.1. The molecule has 0 aliphatic heterocycles. The Morgan fingerprint density at radius 3 is 2.50 bits per heavy atom. The molecule has 1 unspecified atom stereocenters. The molecule has 0 bridgehead atoms. The first-order chi connectivity index (χ1) is 6.75. The minimum absolute atomic E-state index is 0.236. The Kier molecular flexibility index (Phi) is 2.58. The van der Waals surface area contributed by atoms with Crippen LogP contribution in [0.15, 0.2) is 42.5 Å². The molecular formula is C11H10O2P+. The van der Waals surface area contributed by atoms with E-state index in [1.54, 1.807) is 0 Å². The summed E-state index contributed by atoms with van der Waals surface area (Å²) in [5, 5.41) is 2.27. The molecule has 14 heavy (non-hydrogen) atoms. The van der Waals surface area contributed by atoms with Crippen LogP contribution in [0.25, 0.3) is 10.8 Å². The fourth-order valence-electron chi connectivity index (χ4n) is 1.49. The second-order valence-corrected chi connectivity index (χ2v) is 4.21. The molecular weight excluding hydrogens is 195 g/mol. The Labute approximate surface area is 83.1 Å². The maximum Gasteiger partial charge on any atom is 0.510 e. The van der Waals surface area contributed by atoms with E-state index in [1.165, 1.54) is 0 Å². The summed E-state index contributed by atoms with van der Waals surface area (Å²) in [6, 6.07) is 13.8. The molecule has 0 saturated carbocycles. The van der Waals surface area contributed by atoms with Crippen molar-refractivity contribution in [2.45, 2.75) is 6.16 Å². The quantitative estimate of drug-likeness (QED) is 0.765. The zero-order valence-electron chi connectivity index (χ0n) is 7.55. The van der Waals surface area contributed by atoms with Crippen molar-refractivity contribution in [2.75, 3.05) is 0 Å². The molecule has 0 amide bonds. The SMILES string of the molecule is O=[P+](O)Cc1ccc2ccccc2c1. The molecule has 0 aliphatic rings. The first-order valence-corrected chi connectivity index (χ1v) is 5.77. The summed E-state index contributed by atoms with van der Waals surface area (Å²) < 4.78 is 10.7. The van der Waals surface area contributed by atoms with E-state index in [1.807, 2.05) is 42.5 Å². The summed E-state index contributed by atoms with van der Waals surface area (Å²) in [6.45, 7) is 0. The van der Waals surface area contributed by atoms with Gasteiger partial charge in [-0.15, -0.1) is 0 Å². The van der Waals surface area contributed by atoms with Crippen LogP contribution in [0.2, 0.25) is 0 Å². The van der Waals surface area contributed by atoms with Crippen LogP contribution in [0, 0.1) is 0 Å². The minimum Gasteiger partial charge on any atom is -0.160 e. The van der Waals surface area contributed by atoms with Gasteiger partial charge in [0, 0.05) is 5.56 Å². The molecule has 70 valence electrons. The molecule has 2 aromatic rings. The standard InChI is InChI=1S/C11H9O2P/c12-14(13)8-9-5-6-10-3-1-2-4-11(10)7-9/h1-7H,8H2/p+1. The van der Waals surface area contributed by atoms with Crippen molar-refractivity contribution in [3.63, 3.8) is 0 Å². The van der Waals surface area contributed by atoms with Gasteiger partial charge in [0.15, 0.2) is 0 Å². The van der Waals surface area contributed by atoms with Crippen molar-refractivity contribution in [1.82, 2.24) is 0 Å². The first-order valence-electron chi connectivity index (χ1n) is 4.37. The van der Waals surface area contributed by atoms with Crippen LogP contribution in [-0.2, 0) is 10.7 Å². The predicted octanol–water partition coefficient (Wildman–Crippen LogP) is 3.07. The highest BCUT2D eigenvalue weighted by molar-refractivity contribution is 7.37. The van der Waals surface area contributed by atoms with Crippen LogP contribution >= 0.6 is 8.03 Å². The summed E-state index contributed by atoms with van der Waals surface area (Å²) in [4.78, 5) is 8.79. The molecule has 3 heteroatoms. The van der Waals surface area contributed by atoms with Crippen molar-refractivity contribution in [3.8, 4) is 0 Å². The van der Waals surface area contributed by atoms with Gasteiger partial charge in [0.1, 0.15) is 0 Å². The highest BCUT2D eigenvalue weighted by Crippen LogP contribution is 2.24. The lowest BCUT2D eigenvalue weighted by Crippen LogP contribution is -1.80. The molecule has 2 aromatic carbocycles. The van der Waals surface area contributed by atoms with Crippen LogP contribution in [0.3, 0.4) is 0 Å². The van der Waals surface area contributed by atoms with Crippen LogP contribution in [0.5, 0.6) is 0 Å². The molecule has 0 fully saturated rings. The maximum absolute atomic E-state index is 10.7. The van der Waals surface area contributed by atoms with Crippen LogP contribution in [0.1, 0.15) is 5.56 Å². The zero-order valence-corrected chi connectivity index (χ0v) is 8.45. The summed E-state index contributed by atoms with van der Waals surface area (Å²) >= 11 is 0. The van der Waals surface area contributed by atoms with Gasteiger partial charge in [-0.25, -0.2) is 0 Å². The summed E-state index contributed by atoms with van der Waals surface area (Å²) in [6.07, 6.45) is 0.236. The van der Waals surface area contributed by atoms with Gasteiger partial charge in [-0.3, -0.25) is 0 Å². The second-order valence-electron chi connectivity index (χ2n) is 3.19. The van der Waals surface area contributed by atoms with Crippen molar-refractivity contribution in [3.05, 3.63) is 48.0 Å². The predicted molar refractivity (Wildman–Crippen MR) is 57.5 cm³/mol. The number of hydrogen-bond acceptors (Lipinski definition) is 1. The van der Waals surface area contributed by atoms with Gasteiger partial charge in [-0.2, -0.15) is 4.89 Å². The molecule has 2 nitrogen and oxygen atoms in total. The number of benzene rings is 2. The van der Waals surface area contributed by atoms with Crippen LogP contribution < -0.4 is 0 Å². The average molecular weight is 205 g/mol. The van der Waals surface area contributed by atoms with E-state index < -0.39 is 8.03 Å². The summed E-state index contributed by atoms with van der Waals surface area (Å²) in [5.74, 6) is 0. The monoisotopic (exact) mass is 205 g/mol. The Bertz CT molecular complexity index is 479. The molecule has 0 aliphatic carbocycles. The molecule has 0 saturated heterocycles. The van der Waals surface area contributed by atoms with E-state index in [0.29, 0.717) is 0 Å². The van der Waals surface area contributed by atoms with E-state index in [2.05, 4.69) is 0 Å². The lowest BCUT2D eigenvalue weighted by Gasteiger charge is -1.97. The van der Waals surface area contributed by atoms with Gasteiger partial charge in [-0.05, 0) is 21.4 Å². The van der Waals surface area contributed by atoms with Crippen molar-refractivity contribution in [2.24, 2.45) is 0 Å². The van der Waals surface area contributed by atoms with Gasteiger partial charge in [0.2, 0.25) is 6.16 Å². The fourth-order valence-corrected chi connectivity index (χ4v) is 2.00.